The van der Waals surface area contributed by atoms with Crippen molar-refractivity contribution >= 4 is 18.0 Å². The van der Waals surface area contributed by atoms with Crippen molar-refractivity contribution in [3.8, 4) is 0 Å². The topological polar surface area (TPSA) is 21.6 Å². The van der Waals surface area contributed by atoms with Gasteiger partial charge in [-0.3, -0.25) is 4.99 Å². The summed E-state index contributed by atoms with van der Waals surface area (Å²) in [7, 11) is 1.72. The molecule has 1 aliphatic rings. The maximum atomic E-state index is 4.95. The standard InChI is InChI=1S/C7H11NOS/c1-9-4-2-7-6-8-3-5-10-7/h3,5-7H,2,4H2,1H3. The second kappa shape index (κ2) is 4.52. The van der Waals surface area contributed by atoms with Crippen LogP contribution in [0.15, 0.2) is 16.6 Å². The van der Waals surface area contributed by atoms with E-state index in [9.17, 15) is 0 Å². The fourth-order valence-corrected chi connectivity index (χ4v) is 1.44. The number of ether oxygens (including phenoxy) is 1. The van der Waals surface area contributed by atoms with Crippen molar-refractivity contribution in [2.75, 3.05) is 13.7 Å². The van der Waals surface area contributed by atoms with Crippen molar-refractivity contribution in [2.45, 2.75) is 11.7 Å². The Labute approximate surface area is 65.4 Å². The van der Waals surface area contributed by atoms with Crippen LogP contribution in [-0.2, 0) is 4.74 Å². The van der Waals surface area contributed by atoms with Crippen LogP contribution in [0.2, 0.25) is 0 Å². The van der Waals surface area contributed by atoms with Crippen LogP contribution in [0.25, 0.3) is 0 Å². The van der Waals surface area contributed by atoms with Crippen molar-refractivity contribution < 1.29 is 4.74 Å². The van der Waals surface area contributed by atoms with Crippen molar-refractivity contribution in [1.29, 1.82) is 0 Å². The number of hydrogen-bond donors (Lipinski definition) is 0. The first-order valence-corrected chi connectivity index (χ1v) is 4.20. The lowest BCUT2D eigenvalue weighted by molar-refractivity contribution is 0.198. The molecule has 1 heterocycles. The monoisotopic (exact) mass is 157 g/mol. The first-order chi connectivity index (χ1) is 4.93. The first kappa shape index (κ1) is 7.82. The molecule has 0 spiro atoms. The number of methoxy groups -OCH3 is 1. The number of nitrogens with zero attached hydrogens (tertiary/aromatic N) is 1. The van der Waals surface area contributed by atoms with Gasteiger partial charge in [0.1, 0.15) is 0 Å². The molecular formula is C7H11NOS. The minimum absolute atomic E-state index is 0.518. The molecule has 56 valence electrons. The average molecular weight is 157 g/mol. The summed E-state index contributed by atoms with van der Waals surface area (Å²) in [5, 5.41) is 2.53. The lowest BCUT2D eigenvalue weighted by Crippen LogP contribution is -2.08. The number of hydrogen-bond acceptors (Lipinski definition) is 3. The molecule has 0 fully saturated rings. The Morgan fingerprint density at radius 1 is 1.70 bits per heavy atom. The number of aliphatic imine (C=N–C) groups is 1. The maximum absolute atomic E-state index is 4.95. The first-order valence-electron chi connectivity index (χ1n) is 3.26. The largest absolute Gasteiger partial charge is 0.385 e. The van der Waals surface area contributed by atoms with Gasteiger partial charge >= 0.3 is 0 Å². The molecule has 0 radical (unpaired) electrons. The van der Waals surface area contributed by atoms with Crippen LogP contribution < -0.4 is 0 Å². The van der Waals surface area contributed by atoms with E-state index in [1.165, 1.54) is 0 Å². The summed E-state index contributed by atoms with van der Waals surface area (Å²) in [6, 6.07) is 0. The minimum atomic E-state index is 0.518. The van der Waals surface area contributed by atoms with E-state index in [1.54, 1.807) is 18.9 Å². The quantitative estimate of drug-likeness (QED) is 0.621. The van der Waals surface area contributed by atoms with Crippen molar-refractivity contribution in [1.82, 2.24) is 0 Å². The van der Waals surface area contributed by atoms with Crippen molar-refractivity contribution in [3.05, 3.63) is 11.6 Å². The van der Waals surface area contributed by atoms with E-state index in [1.807, 2.05) is 17.8 Å². The lowest BCUT2D eigenvalue weighted by Gasteiger charge is -2.09. The zero-order valence-electron chi connectivity index (χ0n) is 5.99. The zero-order chi connectivity index (χ0) is 7.23. The fraction of sp³-hybridized carbons (Fsp3) is 0.571. The molecule has 2 nitrogen and oxygen atoms in total. The number of rotatable bonds is 3. The van der Waals surface area contributed by atoms with Crippen LogP contribution in [0.4, 0.5) is 0 Å². The Hall–Kier alpha value is -0.280. The molecule has 0 N–H and O–H groups in total. The molecule has 0 amide bonds. The fourth-order valence-electron chi connectivity index (χ4n) is 0.729. The van der Waals surface area contributed by atoms with Gasteiger partial charge in [-0.05, 0) is 11.8 Å². The maximum Gasteiger partial charge on any atom is 0.0476 e. The van der Waals surface area contributed by atoms with Gasteiger partial charge in [0.25, 0.3) is 0 Å². The molecular weight excluding hydrogens is 146 g/mol. The highest BCUT2D eigenvalue weighted by molar-refractivity contribution is 8.03. The van der Waals surface area contributed by atoms with E-state index in [4.69, 9.17) is 4.74 Å². The third-order valence-electron chi connectivity index (χ3n) is 1.26. The smallest absolute Gasteiger partial charge is 0.0476 e. The SMILES string of the molecule is COCCC1C=NC=CS1. The van der Waals surface area contributed by atoms with E-state index >= 15 is 0 Å². The van der Waals surface area contributed by atoms with Crippen LogP contribution >= 0.6 is 11.8 Å². The summed E-state index contributed by atoms with van der Waals surface area (Å²) in [4.78, 5) is 4.03. The molecule has 1 rings (SSSR count). The van der Waals surface area contributed by atoms with Gasteiger partial charge in [0, 0.05) is 31.4 Å². The molecule has 0 bridgehead atoms. The molecule has 1 aliphatic heterocycles. The summed E-state index contributed by atoms with van der Waals surface area (Å²) in [6.07, 6.45) is 4.83. The molecule has 0 aliphatic carbocycles. The zero-order valence-corrected chi connectivity index (χ0v) is 6.80. The van der Waals surface area contributed by atoms with Crippen LogP contribution in [0.3, 0.4) is 0 Å². The van der Waals surface area contributed by atoms with Gasteiger partial charge in [-0.1, -0.05) is 0 Å². The Morgan fingerprint density at radius 2 is 2.60 bits per heavy atom. The minimum Gasteiger partial charge on any atom is -0.385 e. The summed E-state index contributed by atoms with van der Waals surface area (Å²) >= 11 is 1.79. The average Bonchev–Trinajstić information content (AvgIpc) is 2.03. The van der Waals surface area contributed by atoms with Gasteiger partial charge in [-0.15, -0.1) is 11.8 Å². The summed E-state index contributed by atoms with van der Waals surface area (Å²) in [5.74, 6) is 0. The Kier molecular flexibility index (Phi) is 3.54. The molecule has 0 aromatic heterocycles. The van der Waals surface area contributed by atoms with Crippen LogP contribution in [0.5, 0.6) is 0 Å². The number of thioether (sulfide) groups is 1. The third-order valence-corrected chi connectivity index (χ3v) is 2.24. The predicted octanol–water partition coefficient (Wildman–Crippen LogP) is 1.68. The molecule has 0 saturated heterocycles. The Bertz CT molecular complexity index is 145. The molecule has 0 saturated carbocycles. The van der Waals surface area contributed by atoms with Crippen LogP contribution in [-0.4, -0.2) is 25.2 Å². The van der Waals surface area contributed by atoms with Crippen LogP contribution in [0, 0.1) is 0 Å². The lowest BCUT2D eigenvalue weighted by atomic mass is 10.3. The Morgan fingerprint density at radius 3 is 3.20 bits per heavy atom. The third kappa shape index (κ3) is 2.54. The molecule has 3 heteroatoms. The van der Waals surface area contributed by atoms with Crippen LogP contribution in [0.1, 0.15) is 6.42 Å². The highest BCUT2D eigenvalue weighted by atomic mass is 32.2. The van der Waals surface area contributed by atoms with Gasteiger partial charge in [0.05, 0.1) is 0 Å². The normalized spacial score (nSPS) is 23.5. The van der Waals surface area contributed by atoms with E-state index < -0.39 is 0 Å². The van der Waals surface area contributed by atoms with Crippen molar-refractivity contribution in [2.24, 2.45) is 4.99 Å². The van der Waals surface area contributed by atoms with E-state index in [2.05, 4.69) is 4.99 Å². The summed E-state index contributed by atoms with van der Waals surface area (Å²) in [5.41, 5.74) is 0. The highest BCUT2D eigenvalue weighted by Crippen LogP contribution is 2.17. The van der Waals surface area contributed by atoms with Gasteiger partial charge in [0.15, 0.2) is 0 Å². The second-order valence-corrected chi connectivity index (χ2v) is 3.19. The summed E-state index contributed by atoms with van der Waals surface area (Å²) < 4.78 is 4.95. The predicted molar refractivity (Wildman–Crippen MR) is 45.5 cm³/mol. The van der Waals surface area contributed by atoms with Gasteiger partial charge < -0.3 is 4.74 Å². The molecule has 0 aromatic rings. The summed E-state index contributed by atoms with van der Waals surface area (Å²) in [6.45, 7) is 0.817. The van der Waals surface area contributed by atoms with E-state index in [0.717, 1.165) is 13.0 Å². The molecule has 1 unspecified atom stereocenters. The molecule has 0 aromatic carbocycles. The Balaban J connectivity index is 2.17. The van der Waals surface area contributed by atoms with Gasteiger partial charge in [-0.2, -0.15) is 0 Å². The molecule has 1 atom stereocenters. The van der Waals surface area contributed by atoms with E-state index in [0.29, 0.717) is 5.25 Å². The van der Waals surface area contributed by atoms with Gasteiger partial charge in [-0.25, -0.2) is 0 Å². The highest BCUT2D eigenvalue weighted by Gasteiger charge is 2.05. The second-order valence-electron chi connectivity index (χ2n) is 2.04. The van der Waals surface area contributed by atoms with Crippen molar-refractivity contribution in [3.63, 3.8) is 0 Å². The van der Waals surface area contributed by atoms with Gasteiger partial charge in [0.2, 0.25) is 0 Å². The van der Waals surface area contributed by atoms with E-state index in [-0.39, 0.29) is 0 Å². The molecule has 10 heavy (non-hydrogen) atoms.